The van der Waals surface area contributed by atoms with Crippen molar-refractivity contribution in [3.05, 3.63) is 48.5 Å². The number of aliphatic hydroxyl groups is 2. The van der Waals surface area contributed by atoms with E-state index in [2.05, 4.69) is 5.32 Å². The number of nitrogens with one attached hydrogen (secondary N) is 1. The first-order chi connectivity index (χ1) is 9.19. The highest BCUT2D eigenvalue weighted by Gasteiger charge is 2.03. The Kier molecular flexibility index (Phi) is 4.39. The van der Waals surface area contributed by atoms with E-state index in [1.54, 1.807) is 12.1 Å². The standard InChI is InChI=1S/C15H17NO3/c17-10-15(19)9-16-13-3-1-2-12(8-13)11-4-6-14(18)7-5-11/h1-8,15-19H,9-10H2. The minimum absolute atomic E-state index is 0.240. The number of hydrogen-bond acceptors (Lipinski definition) is 4. The van der Waals surface area contributed by atoms with E-state index >= 15 is 0 Å². The molecule has 0 bridgehead atoms. The predicted molar refractivity (Wildman–Crippen MR) is 75.1 cm³/mol. The highest BCUT2D eigenvalue weighted by atomic mass is 16.3. The van der Waals surface area contributed by atoms with Gasteiger partial charge in [-0.2, -0.15) is 0 Å². The Morgan fingerprint density at radius 2 is 1.74 bits per heavy atom. The molecule has 1 unspecified atom stereocenters. The number of phenolic OH excluding ortho intramolecular Hbond substituents is 1. The second kappa shape index (κ2) is 6.22. The minimum atomic E-state index is -0.766. The third kappa shape index (κ3) is 3.71. The molecule has 19 heavy (non-hydrogen) atoms. The lowest BCUT2D eigenvalue weighted by atomic mass is 10.1. The number of hydrogen-bond donors (Lipinski definition) is 4. The van der Waals surface area contributed by atoms with Crippen molar-refractivity contribution in [2.24, 2.45) is 0 Å². The molecule has 0 saturated carbocycles. The summed E-state index contributed by atoms with van der Waals surface area (Å²) in [6, 6.07) is 14.7. The van der Waals surface area contributed by atoms with Gasteiger partial charge in [0.25, 0.3) is 0 Å². The molecule has 2 aromatic rings. The smallest absolute Gasteiger partial charge is 0.115 e. The quantitative estimate of drug-likeness (QED) is 0.661. The SMILES string of the molecule is OCC(O)CNc1cccc(-c2ccc(O)cc2)c1. The molecular weight excluding hydrogens is 242 g/mol. The van der Waals surface area contributed by atoms with Gasteiger partial charge < -0.3 is 20.6 Å². The van der Waals surface area contributed by atoms with Crippen molar-refractivity contribution in [2.75, 3.05) is 18.5 Å². The summed E-state index contributed by atoms with van der Waals surface area (Å²) in [4.78, 5) is 0. The van der Waals surface area contributed by atoms with E-state index in [0.717, 1.165) is 16.8 Å². The van der Waals surface area contributed by atoms with Crippen LogP contribution in [0.5, 0.6) is 5.75 Å². The molecule has 2 rings (SSSR count). The van der Waals surface area contributed by atoms with Gasteiger partial charge in [0.1, 0.15) is 5.75 Å². The Labute approximate surface area is 112 Å². The fraction of sp³-hybridized carbons (Fsp3) is 0.200. The monoisotopic (exact) mass is 259 g/mol. The maximum Gasteiger partial charge on any atom is 0.115 e. The predicted octanol–water partition coefficient (Wildman–Crippen LogP) is 1.82. The summed E-state index contributed by atoms with van der Waals surface area (Å²) in [5, 5.41) is 30.4. The Balaban J connectivity index is 2.12. The van der Waals surface area contributed by atoms with Crippen LogP contribution in [0.3, 0.4) is 0 Å². The highest BCUT2D eigenvalue weighted by molar-refractivity contribution is 5.68. The van der Waals surface area contributed by atoms with Gasteiger partial charge in [-0.05, 0) is 35.4 Å². The summed E-state index contributed by atoms with van der Waals surface area (Å²) >= 11 is 0. The van der Waals surface area contributed by atoms with Crippen molar-refractivity contribution >= 4 is 5.69 Å². The molecule has 0 spiro atoms. The lowest BCUT2D eigenvalue weighted by molar-refractivity contribution is 0.105. The maximum absolute atomic E-state index is 9.30. The zero-order valence-electron chi connectivity index (χ0n) is 10.5. The van der Waals surface area contributed by atoms with Crippen molar-refractivity contribution < 1.29 is 15.3 Å². The van der Waals surface area contributed by atoms with Crippen LogP contribution in [-0.2, 0) is 0 Å². The maximum atomic E-state index is 9.30. The molecule has 0 aliphatic rings. The molecular formula is C15H17NO3. The molecule has 4 N–H and O–H groups in total. The van der Waals surface area contributed by atoms with Crippen molar-refractivity contribution in [3.63, 3.8) is 0 Å². The van der Waals surface area contributed by atoms with Crippen LogP contribution in [0.2, 0.25) is 0 Å². The Morgan fingerprint density at radius 3 is 2.42 bits per heavy atom. The molecule has 0 radical (unpaired) electrons. The summed E-state index contributed by atoms with van der Waals surface area (Å²) in [6.45, 7) is 0.0418. The fourth-order valence-electron chi connectivity index (χ4n) is 1.76. The number of aliphatic hydroxyl groups excluding tert-OH is 2. The average Bonchev–Trinajstić information content (AvgIpc) is 2.46. The Morgan fingerprint density at radius 1 is 1.00 bits per heavy atom. The molecule has 0 heterocycles. The van der Waals surface area contributed by atoms with Gasteiger partial charge in [-0.25, -0.2) is 0 Å². The number of aromatic hydroxyl groups is 1. The van der Waals surface area contributed by atoms with Crippen molar-refractivity contribution in [3.8, 4) is 16.9 Å². The molecule has 100 valence electrons. The van der Waals surface area contributed by atoms with Crippen molar-refractivity contribution in [1.29, 1.82) is 0 Å². The van der Waals surface area contributed by atoms with Crippen LogP contribution in [0.25, 0.3) is 11.1 Å². The zero-order valence-corrected chi connectivity index (χ0v) is 10.5. The molecule has 4 nitrogen and oxygen atoms in total. The summed E-state index contributed by atoms with van der Waals surface area (Å²) < 4.78 is 0. The third-order valence-electron chi connectivity index (χ3n) is 2.82. The van der Waals surface area contributed by atoms with E-state index in [-0.39, 0.29) is 12.4 Å². The molecule has 0 aromatic heterocycles. The lowest BCUT2D eigenvalue weighted by Crippen LogP contribution is -2.22. The fourth-order valence-corrected chi connectivity index (χ4v) is 1.76. The van der Waals surface area contributed by atoms with Crippen molar-refractivity contribution in [1.82, 2.24) is 0 Å². The molecule has 1 atom stereocenters. The summed E-state index contributed by atoms with van der Waals surface area (Å²) in [5.74, 6) is 0.240. The van der Waals surface area contributed by atoms with Crippen LogP contribution in [0.4, 0.5) is 5.69 Å². The van der Waals surface area contributed by atoms with Gasteiger partial charge in [-0.15, -0.1) is 0 Å². The minimum Gasteiger partial charge on any atom is -0.508 e. The molecule has 0 aliphatic carbocycles. The lowest BCUT2D eigenvalue weighted by Gasteiger charge is -2.11. The Hall–Kier alpha value is -2.04. The first kappa shape index (κ1) is 13.4. The summed E-state index contributed by atoms with van der Waals surface area (Å²) in [6.07, 6.45) is -0.766. The molecule has 0 amide bonds. The molecule has 0 aliphatic heterocycles. The van der Waals surface area contributed by atoms with Crippen LogP contribution < -0.4 is 5.32 Å². The molecule has 2 aromatic carbocycles. The number of rotatable bonds is 5. The average molecular weight is 259 g/mol. The zero-order chi connectivity index (χ0) is 13.7. The third-order valence-corrected chi connectivity index (χ3v) is 2.82. The normalized spacial score (nSPS) is 12.1. The van der Waals surface area contributed by atoms with Crippen molar-refractivity contribution in [2.45, 2.75) is 6.10 Å². The largest absolute Gasteiger partial charge is 0.508 e. The van der Waals surface area contributed by atoms with Crippen LogP contribution in [0.1, 0.15) is 0 Å². The summed E-state index contributed by atoms with van der Waals surface area (Å²) in [5.41, 5.74) is 2.89. The van der Waals surface area contributed by atoms with E-state index < -0.39 is 6.10 Å². The van der Waals surface area contributed by atoms with E-state index in [4.69, 9.17) is 5.11 Å². The highest BCUT2D eigenvalue weighted by Crippen LogP contribution is 2.24. The van der Waals surface area contributed by atoms with Gasteiger partial charge in [0.15, 0.2) is 0 Å². The van der Waals surface area contributed by atoms with Crippen LogP contribution >= 0.6 is 0 Å². The number of phenols is 1. The number of anilines is 1. The van der Waals surface area contributed by atoms with Gasteiger partial charge in [-0.3, -0.25) is 0 Å². The van der Waals surface area contributed by atoms with E-state index in [9.17, 15) is 10.2 Å². The van der Waals surface area contributed by atoms with Crippen LogP contribution in [-0.4, -0.2) is 34.6 Å². The van der Waals surface area contributed by atoms with Crippen LogP contribution in [0, 0.1) is 0 Å². The summed E-state index contributed by atoms with van der Waals surface area (Å²) in [7, 11) is 0. The van der Waals surface area contributed by atoms with Gasteiger partial charge in [0, 0.05) is 12.2 Å². The number of benzene rings is 2. The van der Waals surface area contributed by atoms with Crippen LogP contribution in [0.15, 0.2) is 48.5 Å². The van der Waals surface area contributed by atoms with Gasteiger partial charge in [0.05, 0.1) is 12.7 Å². The molecule has 0 saturated heterocycles. The second-order valence-electron chi connectivity index (χ2n) is 4.34. The van der Waals surface area contributed by atoms with E-state index in [1.807, 2.05) is 36.4 Å². The van der Waals surface area contributed by atoms with E-state index in [1.165, 1.54) is 0 Å². The molecule has 4 heteroatoms. The topological polar surface area (TPSA) is 72.7 Å². The van der Waals surface area contributed by atoms with Gasteiger partial charge in [0.2, 0.25) is 0 Å². The Bertz CT molecular complexity index is 525. The van der Waals surface area contributed by atoms with Gasteiger partial charge in [-0.1, -0.05) is 24.3 Å². The second-order valence-corrected chi connectivity index (χ2v) is 4.34. The van der Waals surface area contributed by atoms with Gasteiger partial charge >= 0.3 is 0 Å². The molecule has 0 fully saturated rings. The van der Waals surface area contributed by atoms with E-state index in [0.29, 0.717) is 6.54 Å². The first-order valence-electron chi connectivity index (χ1n) is 6.11. The first-order valence-corrected chi connectivity index (χ1v) is 6.11.